The van der Waals surface area contributed by atoms with E-state index in [1.54, 1.807) is 19.1 Å². The zero-order chi connectivity index (χ0) is 12.0. The number of rotatable bonds is 4. The van der Waals surface area contributed by atoms with Crippen molar-refractivity contribution in [1.82, 2.24) is 5.32 Å². The lowest BCUT2D eigenvalue weighted by molar-refractivity contribution is -0.135. The molecule has 4 nitrogen and oxygen atoms in total. The molecule has 0 aliphatic carbocycles. The van der Waals surface area contributed by atoms with Gasteiger partial charge in [-0.25, -0.2) is 4.79 Å². The standard InChI is InChI=1S/C12H15NO3/c1-3-11(14)13-8-12(15)16-10-6-4-9(2)5-7-10/h4-7H,3,8H2,1-2H3,(H,13,14). The average molecular weight is 221 g/mol. The summed E-state index contributed by atoms with van der Waals surface area (Å²) in [6.45, 7) is 3.58. The number of ether oxygens (including phenoxy) is 1. The van der Waals surface area contributed by atoms with E-state index in [1.807, 2.05) is 19.1 Å². The molecule has 0 saturated carbocycles. The molecular formula is C12H15NO3. The number of hydrogen-bond donors (Lipinski definition) is 1. The summed E-state index contributed by atoms with van der Waals surface area (Å²) >= 11 is 0. The van der Waals surface area contributed by atoms with E-state index < -0.39 is 5.97 Å². The van der Waals surface area contributed by atoms with Gasteiger partial charge in [0.2, 0.25) is 5.91 Å². The van der Waals surface area contributed by atoms with Gasteiger partial charge in [-0.3, -0.25) is 4.79 Å². The van der Waals surface area contributed by atoms with Gasteiger partial charge in [-0.15, -0.1) is 0 Å². The number of carbonyl (C=O) groups is 2. The van der Waals surface area contributed by atoms with E-state index in [2.05, 4.69) is 5.32 Å². The Hall–Kier alpha value is -1.84. The van der Waals surface area contributed by atoms with Crippen LogP contribution in [-0.4, -0.2) is 18.4 Å². The van der Waals surface area contributed by atoms with E-state index in [0.29, 0.717) is 12.2 Å². The monoisotopic (exact) mass is 221 g/mol. The summed E-state index contributed by atoms with van der Waals surface area (Å²) in [4.78, 5) is 22.2. The Labute approximate surface area is 94.6 Å². The van der Waals surface area contributed by atoms with Gasteiger partial charge in [0, 0.05) is 6.42 Å². The predicted octanol–water partition coefficient (Wildman–Crippen LogP) is 1.43. The van der Waals surface area contributed by atoms with Crippen molar-refractivity contribution in [3.63, 3.8) is 0 Å². The third-order valence-electron chi connectivity index (χ3n) is 2.00. The van der Waals surface area contributed by atoms with Crippen LogP contribution in [0.15, 0.2) is 24.3 Å². The minimum Gasteiger partial charge on any atom is -0.425 e. The van der Waals surface area contributed by atoms with E-state index >= 15 is 0 Å². The highest BCUT2D eigenvalue weighted by Gasteiger charge is 2.05. The van der Waals surface area contributed by atoms with E-state index in [9.17, 15) is 9.59 Å². The first-order valence-electron chi connectivity index (χ1n) is 5.16. The summed E-state index contributed by atoms with van der Waals surface area (Å²) in [5, 5.41) is 2.45. The van der Waals surface area contributed by atoms with E-state index in [1.165, 1.54) is 0 Å². The van der Waals surface area contributed by atoms with Crippen molar-refractivity contribution in [2.24, 2.45) is 0 Å². The largest absolute Gasteiger partial charge is 0.425 e. The van der Waals surface area contributed by atoms with Crippen LogP contribution in [0.3, 0.4) is 0 Å². The van der Waals surface area contributed by atoms with Gasteiger partial charge < -0.3 is 10.1 Å². The van der Waals surface area contributed by atoms with Crippen LogP contribution in [0.1, 0.15) is 18.9 Å². The zero-order valence-corrected chi connectivity index (χ0v) is 9.45. The average Bonchev–Trinajstić information content (AvgIpc) is 2.29. The summed E-state index contributed by atoms with van der Waals surface area (Å²) in [6.07, 6.45) is 0.359. The molecule has 0 heterocycles. The number of aryl methyl sites for hydroxylation is 1. The van der Waals surface area contributed by atoms with Gasteiger partial charge in [-0.05, 0) is 19.1 Å². The van der Waals surface area contributed by atoms with Crippen LogP contribution >= 0.6 is 0 Å². The second-order valence-electron chi connectivity index (χ2n) is 3.42. The summed E-state index contributed by atoms with van der Waals surface area (Å²) in [5.41, 5.74) is 1.10. The lowest BCUT2D eigenvalue weighted by Crippen LogP contribution is -2.31. The topological polar surface area (TPSA) is 55.4 Å². The summed E-state index contributed by atoms with van der Waals surface area (Å²) < 4.78 is 5.01. The Morgan fingerprint density at radius 3 is 2.44 bits per heavy atom. The molecule has 1 N–H and O–H groups in total. The Morgan fingerprint density at radius 2 is 1.88 bits per heavy atom. The molecule has 0 radical (unpaired) electrons. The van der Waals surface area contributed by atoms with Crippen molar-refractivity contribution in [1.29, 1.82) is 0 Å². The van der Waals surface area contributed by atoms with Crippen molar-refractivity contribution in [2.75, 3.05) is 6.54 Å². The molecule has 1 amide bonds. The number of carbonyl (C=O) groups excluding carboxylic acids is 2. The molecule has 0 atom stereocenters. The van der Waals surface area contributed by atoms with Crippen molar-refractivity contribution >= 4 is 11.9 Å². The maximum absolute atomic E-state index is 11.3. The van der Waals surface area contributed by atoms with Crippen molar-refractivity contribution in [3.8, 4) is 5.75 Å². The number of amides is 1. The van der Waals surface area contributed by atoms with Crippen LogP contribution in [0.25, 0.3) is 0 Å². The summed E-state index contributed by atoms with van der Waals surface area (Å²) in [6, 6.07) is 7.14. The first kappa shape index (κ1) is 12.2. The quantitative estimate of drug-likeness (QED) is 0.618. The molecule has 0 aliphatic rings. The molecule has 0 unspecified atom stereocenters. The molecule has 0 aromatic heterocycles. The van der Waals surface area contributed by atoms with Gasteiger partial charge in [-0.2, -0.15) is 0 Å². The first-order valence-corrected chi connectivity index (χ1v) is 5.16. The maximum Gasteiger partial charge on any atom is 0.330 e. The van der Waals surface area contributed by atoms with Gasteiger partial charge >= 0.3 is 5.97 Å². The zero-order valence-electron chi connectivity index (χ0n) is 9.45. The highest BCUT2D eigenvalue weighted by Crippen LogP contribution is 2.11. The fourth-order valence-corrected chi connectivity index (χ4v) is 1.07. The fraction of sp³-hybridized carbons (Fsp3) is 0.333. The van der Waals surface area contributed by atoms with Crippen LogP contribution in [0.5, 0.6) is 5.75 Å². The summed E-state index contributed by atoms with van der Waals surface area (Å²) in [5.74, 6) is -0.146. The second kappa shape index (κ2) is 5.90. The third-order valence-corrected chi connectivity index (χ3v) is 2.00. The Bertz CT molecular complexity index is 370. The molecule has 0 saturated heterocycles. The van der Waals surface area contributed by atoms with Gasteiger partial charge in [0.05, 0.1) is 0 Å². The molecule has 0 aliphatic heterocycles. The molecule has 16 heavy (non-hydrogen) atoms. The predicted molar refractivity (Wildman–Crippen MR) is 60.1 cm³/mol. The minimum absolute atomic E-state index is 0.0967. The fourth-order valence-electron chi connectivity index (χ4n) is 1.07. The SMILES string of the molecule is CCC(=O)NCC(=O)Oc1ccc(C)cc1. The molecule has 0 bridgehead atoms. The van der Waals surface area contributed by atoms with Crippen LogP contribution in [0, 0.1) is 6.92 Å². The molecule has 1 aromatic rings. The smallest absolute Gasteiger partial charge is 0.330 e. The molecule has 1 rings (SSSR count). The van der Waals surface area contributed by atoms with E-state index in [-0.39, 0.29) is 12.5 Å². The number of benzene rings is 1. The van der Waals surface area contributed by atoms with E-state index in [0.717, 1.165) is 5.56 Å². The lowest BCUT2D eigenvalue weighted by atomic mass is 10.2. The van der Waals surface area contributed by atoms with Crippen LogP contribution in [-0.2, 0) is 9.59 Å². The van der Waals surface area contributed by atoms with Crippen LogP contribution < -0.4 is 10.1 Å². The van der Waals surface area contributed by atoms with Gasteiger partial charge in [0.1, 0.15) is 12.3 Å². The molecule has 1 aromatic carbocycles. The Kier molecular flexibility index (Phi) is 4.51. The van der Waals surface area contributed by atoms with Gasteiger partial charge in [0.15, 0.2) is 0 Å². The highest BCUT2D eigenvalue weighted by molar-refractivity contribution is 5.82. The Morgan fingerprint density at radius 1 is 1.25 bits per heavy atom. The highest BCUT2D eigenvalue weighted by atomic mass is 16.5. The maximum atomic E-state index is 11.3. The molecular weight excluding hydrogens is 206 g/mol. The van der Waals surface area contributed by atoms with Crippen molar-refractivity contribution < 1.29 is 14.3 Å². The normalized spacial score (nSPS) is 9.62. The van der Waals surface area contributed by atoms with Gasteiger partial charge in [0.25, 0.3) is 0 Å². The molecule has 0 fully saturated rings. The van der Waals surface area contributed by atoms with Crippen molar-refractivity contribution in [3.05, 3.63) is 29.8 Å². The van der Waals surface area contributed by atoms with Crippen molar-refractivity contribution in [2.45, 2.75) is 20.3 Å². The van der Waals surface area contributed by atoms with Crippen LogP contribution in [0.4, 0.5) is 0 Å². The third kappa shape index (κ3) is 4.13. The van der Waals surface area contributed by atoms with E-state index in [4.69, 9.17) is 4.74 Å². The minimum atomic E-state index is -0.467. The molecule has 4 heteroatoms. The number of hydrogen-bond acceptors (Lipinski definition) is 3. The second-order valence-corrected chi connectivity index (χ2v) is 3.42. The lowest BCUT2D eigenvalue weighted by Gasteiger charge is -2.05. The van der Waals surface area contributed by atoms with Crippen LogP contribution in [0.2, 0.25) is 0 Å². The molecule has 86 valence electrons. The number of nitrogens with one attached hydrogen (secondary N) is 1. The summed E-state index contributed by atoms with van der Waals surface area (Å²) in [7, 11) is 0. The van der Waals surface area contributed by atoms with Gasteiger partial charge in [-0.1, -0.05) is 24.6 Å². The number of esters is 1. The first-order chi connectivity index (χ1) is 7.61. The molecule has 0 spiro atoms. The Balaban J connectivity index is 2.40.